The quantitative estimate of drug-likeness (QED) is 0.288. The van der Waals surface area contributed by atoms with E-state index in [1.165, 1.54) is 33.4 Å². The van der Waals surface area contributed by atoms with Crippen molar-refractivity contribution in [2.24, 2.45) is 11.1 Å². The molecule has 1 heterocycles. The highest BCUT2D eigenvalue weighted by molar-refractivity contribution is 5.98. The van der Waals surface area contributed by atoms with E-state index in [1.807, 2.05) is 6.92 Å². The van der Waals surface area contributed by atoms with Crippen molar-refractivity contribution in [1.82, 2.24) is 4.90 Å². The minimum Gasteiger partial charge on any atom is -0.481 e. The molecule has 0 aliphatic carbocycles. The van der Waals surface area contributed by atoms with Crippen molar-refractivity contribution < 1.29 is 14.7 Å². The van der Waals surface area contributed by atoms with E-state index in [9.17, 15) is 4.79 Å². The summed E-state index contributed by atoms with van der Waals surface area (Å²) < 4.78 is 0. The van der Waals surface area contributed by atoms with Crippen LogP contribution in [-0.2, 0) is 22.6 Å². The highest BCUT2D eigenvalue weighted by Crippen LogP contribution is 2.24. The number of oxime groups is 1. The van der Waals surface area contributed by atoms with Gasteiger partial charge in [0.15, 0.2) is 0 Å². The first kappa shape index (κ1) is 25.6. The normalized spacial score (nSPS) is 15.4. The van der Waals surface area contributed by atoms with Crippen LogP contribution in [0.5, 0.6) is 0 Å². The van der Waals surface area contributed by atoms with E-state index in [-0.39, 0.29) is 11.8 Å². The fourth-order valence-corrected chi connectivity index (χ4v) is 4.65. The van der Waals surface area contributed by atoms with Gasteiger partial charge in [-0.05, 0) is 67.5 Å². The van der Waals surface area contributed by atoms with Crippen molar-refractivity contribution in [3.63, 3.8) is 0 Å². The van der Waals surface area contributed by atoms with Crippen LogP contribution in [-0.4, -0.2) is 41.4 Å². The van der Waals surface area contributed by atoms with Gasteiger partial charge in [-0.2, -0.15) is 0 Å². The fraction of sp³-hybridized carbons (Fsp3) is 0.355. The average molecular weight is 485 g/mol. The smallest absolute Gasteiger partial charge is 0.309 e. The number of hydrogen-bond donors (Lipinski definition) is 1. The molecule has 0 aromatic heterocycles. The Morgan fingerprint density at radius 2 is 1.72 bits per heavy atom. The first-order valence-corrected chi connectivity index (χ1v) is 12.6. The molecule has 1 aliphatic rings. The Kier molecular flexibility index (Phi) is 8.21. The Hall–Kier alpha value is -3.44. The zero-order chi connectivity index (χ0) is 25.7. The van der Waals surface area contributed by atoms with Crippen molar-refractivity contribution in [2.75, 3.05) is 19.7 Å². The number of likely N-dealkylation sites (tertiary alicyclic amines) is 1. The van der Waals surface area contributed by atoms with Gasteiger partial charge in [-0.1, -0.05) is 77.4 Å². The number of nitrogens with zero attached hydrogens (tertiary/aromatic N) is 2. The van der Waals surface area contributed by atoms with Gasteiger partial charge in [-0.3, -0.25) is 9.69 Å². The number of hydrogen-bond acceptors (Lipinski definition) is 4. The predicted molar refractivity (Wildman–Crippen MR) is 145 cm³/mol. The molecule has 1 atom stereocenters. The molecule has 3 aromatic rings. The number of rotatable bonds is 10. The molecule has 5 heteroatoms. The van der Waals surface area contributed by atoms with Crippen LogP contribution in [0.3, 0.4) is 0 Å². The molecule has 0 saturated carbocycles. The molecule has 3 aromatic carbocycles. The first-order valence-electron chi connectivity index (χ1n) is 12.6. The Morgan fingerprint density at radius 3 is 2.39 bits per heavy atom. The molecule has 0 radical (unpaired) electrons. The Bertz CT molecular complexity index is 1230. The summed E-state index contributed by atoms with van der Waals surface area (Å²) in [5, 5.41) is 13.5. The lowest BCUT2D eigenvalue weighted by molar-refractivity contribution is -0.147. The van der Waals surface area contributed by atoms with Gasteiger partial charge in [0.1, 0.15) is 6.61 Å². The minimum absolute atomic E-state index is 0.206. The summed E-state index contributed by atoms with van der Waals surface area (Å²) in [5.41, 5.74) is 9.46. The van der Waals surface area contributed by atoms with Crippen LogP contribution in [0.25, 0.3) is 0 Å². The van der Waals surface area contributed by atoms with Crippen LogP contribution in [0.4, 0.5) is 0 Å². The van der Waals surface area contributed by atoms with Gasteiger partial charge in [-0.25, -0.2) is 0 Å². The molecular formula is C31H36N2O3. The van der Waals surface area contributed by atoms with Crippen LogP contribution >= 0.6 is 0 Å². The number of carboxylic acid groups (broad SMARTS) is 1. The van der Waals surface area contributed by atoms with E-state index < -0.39 is 5.97 Å². The highest BCUT2D eigenvalue weighted by atomic mass is 16.6. The van der Waals surface area contributed by atoms with E-state index >= 15 is 0 Å². The van der Waals surface area contributed by atoms with E-state index in [0.29, 0.717) is 19.7 Å². The zero-order valence-corrected chi connectivity index (χ0v) is 21.7. The molecule has 4 rings (SSSR count). The maximum absolute atomic E-state index is 11.0. The van der Waals surface area contributed by atoms with Crippen LogP contribution in [0.2, 0.25) is 0 Å². The van der Waals surface area contributed by atoms with E-state index in [1.54, 1.807) is 0 Å². The van der Waals surface area contributed by atoms with E-state index in [4.69, 9.17) is 9.94 Å². The first-order chi connectivity index (χ1) is 17.3. The molecule has 0 spiro atoms. The summed E-state index contributed by atoms with van der Waals surface area (Å²) in [7, 11) is 0. The van der Waals surface area contributed by atoms with Gasteiger partial charge in [0.25, 0.3) is 0 Å². The van der Waals surface area contributed by atoms with Gasteiger partial charge >= 0.3 is 5.97 Å². The summed E-state index contributed by atoms with van der Waals surface area (Å²) >= 11 is 0. The molecule has 1 N–H and O–H groups in total. The maximum atomic E-state index is 11.0. The molecular weight excluding hydrogens is 448 g/mol. The molecule has 36 heavy (non-hydrogen) atoms. The topological polar surface area (TPSA) is 62.1 Å². The molecule has 1 saturated heterocycles. The number of carboxylic acids is 1. The second-order valence-electron chi connectivity index (χ2n) is 10.1. The van der Waals surface area contributed by atoms with Crippen molar-refractivity contribution in [1.29, 1.82) is 0 Å². The van der Waals surface area contributed by atoms with Crippen molar-refractivity contribution in [3.05, 3.63) is 106 Å². The number of carbonyl (C=O) groups is 1. The Labute approximate surface area is 214 Å². The van der Waals surface area contributed by atoms with Gasteiger partial charge in [-0.15, -0.1) is 0 Å². The van der Waals surface area contributed by atoms with Crippen molar-refractivity contribution in [3.8, 4) is 0 Å². The zero-order valence-electron chi connectivity index (χ0n) is 21.7. The predicted octanol–water partition coefficient (Wildman–Crippen LogP) is 5.90. The lowest BCUT2D eigenvalue weighted by atomic mass is 9.90. The van der Waals surface area contributed by atoms with Crippen LogP contribution in [0.1, 0.15) is 51.8 Å². The summed E-state index contributed by atoms with van der Waals surface area (Å²) in [5.74, 6) is -0.724. The van der Waals surface area contributed by atoms with Gasteiger partial charge in [0, 0.05) is 25.6 Å². The van der Waals surface area contributed by atoms with Gasteiger partial charge in [0.2, 0.25) is 0 Å². The summed E-state index contributed by atoms with van der Waals surface area (Å²) in [6.45, 7) is 10.9. The lowest BCUT2D eigenvalue weighted by Gasteiger charge is -2.36. The minimum atomic E-state index is -0.702. The van der Waals surface area contributed by atoms with Crippen molar-refractivity contribution in [2.45, 2.75) is 46.6 Å². The van der Waals surface area contributed by atoms with E-state index in [0.717, 1.165) is 24.2 Å². The third kappa shape index (κ3) is 6.61. The SMILES string of the molecule is C/C(=N\OCC(Cc1ccc(C)c(C)c1)c1cccc(C)c1)c1ccc(CN2CC(C(=O)O)C2)cc1. The lowest BCUT2D eigenvalue weighted by Crippen LogP contribution is -2.49. The summed E-state index contributed by atoms with van der Waals surface area (Å²) in [6.07, 6.45) is 0.896. The van der Waals surface area contributed by atoms with Gasteiger partial charge in [0.05, 0.1) is 11.6 Å². The monoisotopic (exact) mass is 484 g/mol. The number of aryl methyl sites for hydroxylation is 3. The van der Waals surface area contributed by atoms with Crippen LogP contribution < -0.4 is 0 Å². The van der Waals surface area contributed by atoms with Crippen LogP contribution in [0, 0.1) is 26.7 Å². The standard InChI is InChI=1S/C31H36N2O3/c1-21-6-5-7-28(14-21)29(16-26-9-8-22(2)23(3)15-26)20-36-32-24(4)27-12-10-25(11-13-27)17-33-18-30(19-33)31(34)35/h5-15,29-30H,16-20H2,1-4H3,(H,34,35)/b32-24+. The molecule has 0 bridgehead atoms. The molecule has 1 fully saturated rings. The van der Waals surface area contributed by atoms with Crippen molar-refractivity contribution >= 4 is 11.7 Å². The molecule has 0 amide bonds. The van der Waals surface area contributed by atoms with E-state index in [2.05, 4.69) is 97.6 Å². The number of aliphatic carboxylic acids is 1. The third-order valence-corrected chi connectivity index (χ3v) is 7.13. The number of benzene rings is 3. The highest BCUT2D eigenvalue weighted by Gasteiger charge is 2.32. The average Bonchev–Trinajstić information content (AvgIpc) is 2.82. The molecule has 5 nitrogen and oxygen atoms in total. The molecule has 1 unspecified atom stereocenters. The summed E-state index contributed by atoms with van der Waals surface area (Å²) in [6, 6.07) is 23.6. The molecule has 1 aliphatic heterocycles. The van der Waals surface area contributed by atoms with Crippen LogP contribution in [0.15, 0.2) is 71.9 Å². The third-order valence-electron chi connectivity index (χ3n) is 7.13. The second-order valence-corrected chi connectivity index (χ2v) is 10.1. The molecule has 188 valence electrons. The maximum Gasteiger partial charge on any atom is 0.309 e. The Balaban J connectivity index is 1.38. The summed E-state index contributed by atoms with van der Waals surface area (Å²) in [4.78, 5) is 19.1. The Morgan fingerprint density at radius 1 is 1.00 bits per heavy atom. The largest absolute Gasteiger partial charge is 0.481 e. The second kappa shape index (κ2) is 11.5. The van der Waals surface area contributed by atoms with Gasteiger partial charge < -0.3 is 9.94 Å². The fourth-order valence-electron chi connectivity index (χ4n) is 4.65.